The molecule has 11 heteroatoms. The summed E-state index contributed by atoms with van der Waals surface area (Å²) >= 11 is 0. The number of carboxylic acids is 1. The van der Waals surface area contributed by atoms with E-state index in [1.165, 1.54) is 6.92 Å². The molecule has 0 aliphatic carbocycles. The van der Waals surface area contributed by atoms with Crippen LogP contribution in [0.5, 0.6) is 0 Å². The number of amides is 2. The maximum absolute atomic E-state index is 11.7. The van der Waals surface area contributed by atoms with Crippen molar-refractivity contribution in [2.24, 2.45) is 22.2 Å². The van der Waals surface area contributed by atoms with E-state index < -0.39 is 42.5 Å². The largest absolute Gasteiger partial charge is 0.480 e. The second-order valence-electron chi connectivity index (χ2n) is 4.90. The highest BCUT2D eigenvalue weighted by molar-refractivity contribution is 5.89. The number of carbonyl (C=O) groups is 3. The SMILES string of the molecule is CC(O)C(NC(=O)CNC(=O)C(N)CCCN=C(N)N)C(=O)O. The van der Waals surface area contributed by atoms with Gasteiger partial charge in [0.1, 0.15) is 0 Å². The molecule has 10 N–H and O–H groups in total. The molecule has 0 aliphatic rings. The lowest BCUT2D eigenvalue weighted by atomic mass is 10.1. The molecule has 0 aromatic carbocycles. The zero-order valence-electron chi connectivity index (χ0n) is 12.9. The Kier molecular flexibility index (Phi) is 9.27. The summed E-state index contributed by atoms with van der Waals surface area (Å²) in [5.74, 6) is -2.74. The first-order valence-corrected chi connectivity index (χ1v) is 6.94. The van der Waals surface area contributed by atoms with Crippen molar-refractivity contribution < 1.29 is 24.6 Å². The summed E-state index contributed by atoms with van der Waals surface area (Å²) in [7, 11) is 0. The van der Waals surface area contributed by atoms with Crippen molar-refractivity contribution in [1.29, 1.82) is 0 Å². The Bertz CT molecular complexity index is 449. The van der Waals surface area contributed by atoms with E-state index in [9.17, 15) is 19.5 Å². The smallest absolute Gasteiger partial charge is 0.328 e. The Morgan fingerprint density at radius 2 is 1.87 bits per heavy atom. The van der Waals surface area contributed by atoms with E-state index in [0.29, 0.717) is 19.4 Å². The number of nitrogens with zero attached hydrogens (tertiary/aromatic N) is 1. The standard InChI is InChI=1S/C12H24N6O5/c1-6(19)9(11(22)23)18-8(20)5-17-10(21)7(13)3-2-4-16-12(14)15/h6-7,9,19H,2-5,13H2,1H3,(H,17,21)(H,18,20)(H,22,23)(H4,14,15,16). The van der Waals surface area contributed by atoms with Gasteiger partial charge in [-0.25, -0.2) is 4.79 Å². The summed E-state index contributed by atoms with van der Waals surface area (Å²) in [4.78, 5) is 37.7. The van der Waals surface area contributed by atoms with E-state index in [2.05, 4.69) is 15.6 Å². The van der Waals surface area contributed by atoms with Gasteiger partial charge in [-0.2, -0.15) is 0 Å². The molecule has 0 aromatic rings. The number of guanidine groups is 1. The highest BCUT2D eigenvalue weighted by atomic mass is 16.4. The second-order valence-corrected chi connectivity index (χ2v) is 4.90. The van der Waals surface area contributed by atoms with Crippen LogP contribution >= 0.6 is 0 Å². The monoisotopic (exact) mass is 332 g/mol. The van der Waals surface area contributed by atoms with Crippen LogP contribution in [0.2, 0.25) is 0 Å². The Morgan fingerprint density at radius 3 is 2.35 bits per heavy atom. The molecule has 0 bridgehead atoms. The van der Waals surface area contributed by atoms with Crippen molar-refractivity contribution in [3.63, 3.8) is 0 Å². The first kappa shape index (κ1) is 20.6. The summed E-state index contributed by atoms with van der Waals surface area (Å²) in [5.41, 5.74) is 15.9. The van der Waals surface area contributed by atoms with Crippen LogP contribution < -0.4 is 27.8 Å². The fraction of sp³-hybridized carbons (Fsp3) is 0.667. The number of rotatable bonds is 10. The number of hydrogen-bond donors (Lipinski definition) is 7. The molecule has 11 nitrogen and oxygen atoms in total. The van der Waals surface area contributed by atoms with Gasteiger partial charge in [0.25, 0.3) is 0 Å². The summed E-state index contributed by atoms with van der Waals surface area (Å²) in [6.07, 6.45) is -0.470. The molecular formula is C12H24N6O5. The van der Waals surface area contributed by atoms with Crippen LogP contribution in [-0.2, 0) is 14.4 Å². The van der Waals surface area contributed by atoms with Gasteiger partial charge in [0.15, 0.2) is 12.0 Å². The van der Waals surface area contributed by atoms with E-state index >= 15 is 0 Å². The first-order valence-electron chi connectivity index (χ1n) is 6.94. The number of nitrogens with two attached hydrogens (primary N) is 3. The molecule has 0 fully saturated rings. The van der Waals surface area contributed by atoms with Gasteiger partial charge < -0.3 is 38.0 Å². The minimum Gasteiger partial charge on any atom is -0.480 e. The van der Waals surface area contributed by atoms with E-state index in [1.54, 1.807) is 0 Å². The first-order chi connectivity index (χ1) is 10.6. The molecule has 132 valence electrons. The predicted octanol–water partition coefficient (Wildman–Crippen LogP) is -3.57. The molecule has 3 unspecified atom stereocenters. The van der Waals surface area contributed by atoms with Crippen molar-refractivity contribution in [1.82, 2.24) is 10.6 Å². The Morgan fingerprint density at radius 1 is 1.26 bits per heavy atom. The van der Waals surface area contributed by atoms with Gasteiger partial charge in [0, 0.05) is 6.54 Å². The van der Waals surface area contributed by atoms with Gasteiger partial charge in [-0.1, -0.05) is 0 Å². The lowest BCUT2D eigenvalue weighted by Gasteiger charge is -2.17. The van der Waals surface area contributed by atoms with E-state index in [1.807, 2.05) is 0 Å². The fourth-order valence-electron chi connectivity index (χ4n) is 1.56. The highest BCUT2D eigenvalue weighted by Crippen LogP contribution is 1.96. The van der Waals surface area contributed by atoms with Crippen LogP contribution in [0.4, 0.5) is 0 Å². The van der Waals surface area contributed by atoms with Gasteiger partial charge in [-0.05, 0) is 19.8 Å². The van der Waals surface area contributed by atoms with Crippen molar-refractivity contribution in [2.45, 2.75) is 38.0 Å². The molecule has 23 heavy (non-hydrogen) atoms. The Balaban J connectivity index is 4.14. The fourth-order valence-corrected chi connectivity index (χ4v) is 1.56. The lowest BCUT2D eigenvalue weighted by molar-refractivity contribution is -0.144. The lowest BCUT2D eigenvalue weighted by Crippen LogP contribution is -2.51. The minimum absolute atomic E-state index is 0.0502. The molecule has 0 radical (unpaired) electrons. The molecular weight excluding hydrogens is 308 g/mol. The van der Waals surface area contributed by atoms with Crippen LogP contribution in [0.15, 0.2) is 4.99 Å². The minimum atomic E-state index is -1.45. The molecule has 0 saturated heterocycles. The molecule has 0 rings (SSSR count). The number of carbonyl (C=O) groups excluding carboxylic acids is 2. The quantitative estimate of drug-likeness (QED) is 0.121. The van der Waals surface area contributed by atoms with Gasteiger partial charge in [-0.3, -0.25) is 14.6 Å². The number of aliphatic hydroxyl groups excluding tert-OH is 1. The average molecular weight is 332 g/mol. The molecule has 0 heterocycles. The third-order valence-corrected chi connectivity index (χ3v) is 2.79. The van der Waals surface area contributed by atoms with E-state index in [-0.39, 0.29) is 5.96 Å². The van der Waals surface area contributed by atoms with Gasteiger partial charge in [0.2, 0.25) is 11.8 Å². The topological polar surface area (TPSA) is 206 Å². The normalized spacial score (nSPS) is 14.2. The van der Waals surface area contributed by atoms with Gasteiger partial charge in [-0.15, -0.1) is 0 Å². The summed E-state index contributed by atoms with van der Waals surface area (Å²) in [6.45, 7) is 1.11. The molecule has 3 atom stereocenters. The van der Waals surface area contributed by atoms with Crippen LogP contribution in [-0.4, -0.2) is 65.2 Å². The molecule has 0 aromatic heterocycles. The molecule has 0 saturated carbocycles. The van der Waals surface area contributed by atoms with Crippen molar-refractivity contribution in [2.75, 3.05) is 13.1 Å². The van der Waals surface area contributed by atoms with Crippen molar-refractivity contribution in [3.8, 4) is 0 Å². The molecule has 0 spiro atoms. The van der Waals surface area contributed by atoms with E-state index in [4.69, 9.17) is 22.3 Å². The van der Waals surface area contributed by atoms with Crippen LogP contribution in [0, 0.1) is 0 Å². The number of hydrogen-bond acceptors (Lipinski definition) is 6. The van der Waals surface area contributed by atoms with Crippen LogP contribution in [0.1, 0.15) is 19.8 Å². The van der Waals surface area contributed by atoms with Gasteiger partial charge >= 0.3 is 5.97 Å². The summed E-state index contributed by atoms with van der Waals surface area (Å²) in [5, 5.41) is 22.4. The Hall–Kier alpha value is -2.40. The molecule has 2 amide bonds. The number of carboxylic acid groups (broad SMARTS) is 1. The molecule has 0 aliphatic heterocycles. The van der Waals surface area contributed by atoms with Gasteiger partial charge in [0.05, 0.1) is 18.7 Å². The zero-order valence-corrected chi connectivity index (χ0v) is 12.9. The third-order valence-electron chi connectivity index (χ3n) is 2.79. The maximum Gasteiger partial charge on any atom is 0.328 e. The number of aliphatic imine (C=N–C) groups is 1. The van der Waals surface area contributed by atoms with Crippen molar-refractivity contribution >= 4 is 23.7 Å². The second kappa shape index (κ2) is 10.3. The van der Waals surface area contributed by atoms with Crippen LogP contribution in [0.25, 0.3) is 0 Å². The predicted molar refractivity (Wildman–Crippen MR) is 82.1 cm³/mol. The zero-order chi connectivity index (χ0) is 18.0. The number of nitrogens with one attached hydrogen (secondary N) is 2. The number of aliphatic hydroxyl groups is 1. The van der Waals surface area contributed by atoms with Crippen molar-refractivity contribution in [3.05, 3.63) is 0 Å². The third kappa shape index (κ3) is 9.26. The summed E-state index contributed by atoms with van der Waals surface area (Å²) < 4.78 is 0. The maximum atomic E-state index is 11.7. The number of aliphatic carboxylic acids is 1. The van der Waals surface area contributed by atoms with E-state index in [0.717, 1.165) is 0 Å². The Labute approximate surface area is 133 Å². The summed E-state index contributed by atoms with van der Waals surface area (Å²) in [6, 6.07) is -2.29. The average Bonchev–Trinajstić information content (AvgIpc) is 2.45. The highest BCUT2D eigenvalue weighted by Gasteiger charge is 2.25. The van der Waals surface area contributed by atoms with Crippen LogP contribution in [0.3, 0.4) is 0 Å².